The molecule has 2 rings (SSSR count). The lowest BCUT2D eigenvalue weighted by molar-refractivity contribution is 0.0668. The van der Waals surface area contributed by atoms with Crippen molar-refractivity contribution in [2.45, 2.75) is 32.2 Å². The lowest BCUT2D eigenvalue weighted by Gasteiger charge is -2.31. The van der Waals surface area contributed by atoms with Crippen LogP contribution >= 0.6 is 0 Å². The average Bonchev–Trinajstić information content (AvgIpc) is 2.44. The van der Waals surface area contributed by atoms with E-state index < -0.39 is 5.41 Å². The van der Waals surface area contributed by atoms with E-state index in [0.29, 0.717) is 12.6 Å². The normalized spacial score (nSPS) is 19.6. The third kappa shape index (κ3) is 3.10. The van der Waals surface area contributed by atoms with E-state index in [1.54, 1.807) is 0 Å². The van der Waals surface area contributed by atoms with Crippen LogP contribution in [-0.2, 0) is 12.8 Å². The van der Waals surface area contributed by atoms with Gasteiger partial charge in [0.1, 0.15) is 0 Å². The van der Waals surface area contributed by atoms with Crippen molar-refractivity contribution in [3.8, 4) is 0 Å². The van der Waals surface area contributed by atoms with Gasteiger partial charge in [0.15, 0.2) is 0 Å². The van der Waals surface area contributed by atoms with Crippen molar-refractivity contribution in [3.05, 3.63) is 35.4 Å². The van der Waals surface area contributed by atoms with E-state index in [9.17, 15) is 10.2 Å². The molecule has 0 saturated carbocycles. The second kappa shape index (κ2) is 5.83. The summed E-state index contributed by atoms with van der Waals surface area (Å²) in [4.78, 5) is 0. The SMILES string of the molecule is CC(CO)(CO)CNC1CCc2ccccc2C1. The maximum atomic E-state index is 9.27. The Labute approximate surface area is 109 Å². The Kier molecular flexibility index (Phi) is 4.38. The monoisotopic (exact) mass is 249 g/mol. The van der Waals surface area contributed by atoms with Gasteiger partial charge in [-0.1, -0.05) is 31.2 Å². The minimum absolute atomic E-state index is 0.0137. The fourth-order valence-electron chi connectivity index (χ4n) is 2.42. The van der Waals surface area contributed by atoms with E-state index in [2.05, 4.69) is 29.6 Å². The van der Waals surface area contributed by atoms with Crippen molar-refractivity contribution in [2.75, 3.05) is 19.8 Å². The highest BCUT2D eigenvalue weighted by Gasteiger charge is 2.25. The highest BCUT2D eigenvalue weighted by molar-refractivity contribution is 5.30. The molecule has 0 radical (unpaired) electrons. The molecule has 0 aromatic heterocycles. The molecule has 1 aliphatic carbocycles. The second-order valence-corrected chi connectivity index (χ2v) is 5.72. The molecule has 1 atom stereocenters. The molecule has 0 bridgehead atoms. The maximum Gasteiger partial charge on any atom is 0.0518 e. The summed E-state index contributed by atoms with van der Waals surface area (Å²) in [6.45, 7) is 2.59. The van der Waals surface area contributed by atoms with Crippen LogP contribution in [0.25, 0.3) is 0 Å². The van der Waals surface area contributed by atoms with Gasteiger partial charge in [-0.15, -0.1) is 0 Å². The molecule has 3 N–H and O–H groups in total. The summed E-state index contributed by atoms with van der Waals surface area (Å²) in [7, 11) is 0. The number of hydrogen-bond donors (Lipinski definition) is 3. The number of rotatable bonds is 5. The standard InChI is InChI=1S/C15H23NO2/c1-15(10-17,11-18)9-16-14-7-6-12-4-2-3-5-13(12)8-14/h2-5,14,16-18H,6-11H2,1H3. The molecule has 0 spiro atoms. The van der Waals surface area contributed by atoms with Crippen molar-refractivity contribution >= 4 is 0 Å². The first-order valence-electron chi connectivity index (χ1n) is 6.69. The summed E-state index contributed by atoms with van der Waals surface area (Å²) in [5.74, 6) is 0. The molecule has 3 heteroatoms. The van der Waals surface area contributed by atoms with Crippen LogP contribution in [0.3, 0.4) is 0 Å². The third-order valence-electron chi connectivity index (χ3n) is 3.93. The number of nitrogens with one attached hydrogen (secondary N) is 1. The summed E-state index contributed by atoms with van der Waals surface area (Å²) < 4.78 is 0. The van der Waals surface area contributed by atoms with Crippen molar-refractivity contribution in [2.24, 2.45) is 5.41 Å². The summed E-state index contributed by atoms with van der Waals surface area (Å²) >= 11 is 0. The second-order valence-electron chi connectivity index (χ2n) is 5.72. The van der Waals surface area contributed by atoms with Gasteiger partial charge in [-0.2, -0.15) is 0 Å². The Morgan fingerprint density at radius 3 is 2.56 bits per heavy atom. The van der Waals surface area contributed by atoms with Crippen LogP contribution in [0.4, 0.5) is 0 Å². The molecular weight excluding hydrogens is 226 g/mol. The minimum Gasteiger partial charge on any atom is -0.396 e. The first kappa shape index (κ1) is 13.5. The Hall–Kier alpha value is -0.900. The summed E-state index contributed by atoms with van der Waals surface area (Å²) in [6.07, 6.45) is 3.29. The van der Waals surface area contributed by atoms with E-state index in [4.69, 9.17) is 0 Å². The van der Waals surface area contributed by atoms with Crippen LogP contribution < -0.4 is 5.32 Å². The lowest BCUT2D eigenvalue weighted by Crippen LogP contribution is -2.44. The van der Waals surface area contributed by atoms with Crippen molar-refractivity contribution in [1.82, 2.24) is 5.32 Å². The molecule has 1 aromatic rings. The van der Waals surface area contributed by atoms with E-state index >= 15 is 0 Å². The molecule has 0 amide bonds. The zero-order chi connectivity index (χ0) is 13.0. The summed E-state index contributed by atoms with van der Waals surface area (Å²) in [5, 5.41) is 22.0. The molecule has 18 heavy (non-hydrogen) atoms. The van der Waals surface area contributed by atoms with Crippen LogP contribution in [-0.4, -0.2) is 36.0 Å². The number of aryl methyl sites for hydroxylation is 1. The number of hydrogen-bond acceptors (Lipinski definition) is 3. The molecule has 0 aliphatic heterocycles. The van der Waals surface area contributed by atoms with Gasteiger partial charge in [0.05, 0.1) is 13.2 Å². The van der Waals surface area contributed by atoms with Gasteiger partial charge < -0.3 is 15.5 Å². The van der Waals surface area contributed by atoms with Gasteiger partial charge in [-0.3, -0.25) is 0 Å². The molecular formula is C15H23NO2. The van der Waals surface area contributed by atoms with Crippen LogP contribution in [0.2, 0.25) is 0 Å². The first-order valence-corrected chi connectivity index (χ1v) is 6.69. The summed E-state index contributed by atoms with van der Waals surface area (Å²) in [5.41, 5.74) is 2.47. The van der Waals surface area contributed by atoms with Crippen LogP contribution in [0.1, 0.15) is 24.5 Å². The minimum atomic E-state index is -0.420. The van der Waals surface area contributed by atoms with Gasteiger partial charge >= 0.3 is 0 Å². The van der Waals surface area contributed by atoms with E-state index in [0.717, 1.165) is 19.3 Å². The fraction of sp³-hybridized carbons (Fsp3) is 0.600. The molecule has 0 heterocycles. The number of aliphatic hydroxyl groups excluding tert-OH is 2. The number of fused-ring (bicyclic) bond motifs is 1. The van der Waals surface area contributed by atoms with Gasteiger partial charge in [0, 0.05) is 18.0 Å². The molecule has 1 aromatic carbocycles. The lowest BCUT2D eigenvalue weighted by atomic mass is 9.87. The number of benzene rings is 1. The van der Waals surface area contributed by atoms with Crippen LogP contribution in [0.15, 0.2) is 24.3 Å². The number of aliphatic hydroxyl groups is 2. The smallest absolute Gasteiger partial charge is 0.0518 e. The van der Waals surface area contributed by atoms with E-state index in [1.807, 2.05) is 6.92 Å². The summed E-state index contributed by atoms with van der Waals surface area (Å²) in [6, 6.07) is 9.04. The van der Waals surface area contributed by atoms with Gasteiger partial charge in [-0.05, 0) is 30.4 Å². The highest BCUT2D eigenvalue weighted by Crippen LogP contribution is 2.22. The Morgan fingerprint density at radius 1 is 1.22 bits per heavy atom. The highest BCUT2D eigenvalue weighted by atomic mass is 16.3. The van der Waals surface area contributed by atoms with E-state index in [-0.39, 0.29) is 13.2 Å². The fourth-order valence-corrected chi connectivity index (χ4v) is 2.42. The van der Waals surface area contributed by atoms with Crippen LogP contribution in [0, 0.1) is 5.41 Å². The molecule has 0 saturated heterocycles. The molecule has 1 aliphatic rings. The van der Waals surface area contributed by atoms with Crippen LogP contribution in [0.5, 0.6) is 0 Å². The Bertz CT molecular complexity index is 388. The first-order chi connectivity index (χ1) is 8.67. The van der Waals surface area contributed by atoms with Gasteiger partial charge in [-0.25, -0.2) is 0 Å². The third-order valence-corrected chi connectivity index (χ3v) is 3.93. The predicted molar refractivity (Wildman–Crippen MR) is 72.5 cm³/mol. The zero-order valence-corrected chi connectivity index (χ0v) is 11.0. The molecule has 3 nitrogen and oxygen atoms in total. The van der Waals surface area contributed by atoms with Gasteiger partial charge in [0.2, 0.25) is 0 Å². The van der Waals surface area contributed by atoms with Gasteiger partial charge in [0.25, 0.3) is 0 Å². The molecule has 1 unspecified atom stereocenters. The molecule has 0 fully saturated rings. The predicted octanol–water partition coefficient (Wildman–Crippen LogP) is 1.12. The van der Waals surface area contributed by atoms with Crippen molar-refractivity contribution in [1.29, 1.82) is 0 Å². The quantitative estimate of drug-likeness (QED) is 0.733. The zero-order valence-electron chi connectivity index (χ0n) is 11.0. The Morgan fingerprint density at radius 2 is 1.89 bits per heavy atom. The molecule has 100 valence electrons. The van der Waals surface area contributed by atoms with Crippen molar-refractivity contribution in [3.63, 3.8) is 0 Å². The van der Waals surface area contributed by atoms with Crippen molar-refractivity contribution < 1.29 is 10.2 Å². The maximum absolute atomic E-state index is 9.27. The largest absolute Gasteiger partial charge is 0.396 e. The average molecular weight is 249 g/mol. The van der Waals surface area contributed by atoms with E-state index in [1.165, 1.54) is 11.1 Å². The topological polar surface area (TPSA) is 52.5 Å². The Balaban J connectivity index is 1.90.